The molecule has 7 nitrogen and oxygen atoms in total. The fraction of sp³-hybridized carbons (Fsp3) is 0.158. The highest BCUT2D eigenvalue weighted by atomic mass is 16.5. The average molecular weight is 353 g/mol. The van der Waals surface area contributed by atoms with Gasteiger partial charge in [-0.25, -0.2) is 0 Å². The maximum atomic E-state index is 12.4. The summed E-state index contributed by atoms with van der Waals surface area (Å²) >= 11 is 0. The molecule has 0 aliphatic rings. The van der Waals surface area contributed by atoms with Crippen LogP contribution in [0.15, 0.2) is 48.2 Å². The Morgan fingerprint density at radius 2 is 1.92 bits per heavy atom. The van der Waals surface area contributed by atoms with Crippen molar-refractivity contribution >= 4 is 17.3 Å². The number of aromatic hydroxyl groups is 1. The fourth-order valence-corrected chi connectivity index (χ4v) is 2.21. The highest BCUT2D eigenvalue weighted by Crippen LogP contribution is 2.29. The SMILES string of the molecule is COc1ccc(OC)c(NC(=O)/C(C#N)=C\Nc2ccc(O)cc2C)c1. The number of aryl methyl sites for hydroxylation is 1. The van der Waals surface area contributed by atoms with Gasteiger partial charge in [-0.2, -0.15) is 5.26 Å². The molecule has 2 rings (SSSR count). The van der Waals surface area contributed by atoms with Gasteiger partial charge in [0.1, 0.15) is 28.9 Å². The number of amides is 1. The summed E-state index contributed by atoms with van der Waals surface area (Å²) in [5, 5.41) is 24.2. The number of nitriles is 1. The number of nitrogens with one attached hydrogen (secondary N) is 2. The van der Waals surface area contributed by atoms with Gasteiger partial charge in [-0.1, -0.05) is 0 Å². The van der Waals surface area contributed by atoms with E-state index in [0.717, 1.165) is 5.56 Å². The van der Waals surface area contributed by atoms with E-state index >= 15 is 0 Å². The second-order valence-electron chi connectivity index (χ2n) is 5.33. The fourth-order valence-electron chi connectivity index (χ4n) is 2.21. The molecule has 0 saturated carbocycles. The minimum atomic E-state index is -0.594. The lowest BCUT2D eigenvalue weighted by molar-refractivity contribution is -0.112. The Kier molecular flexibility index (Phi) is 6.06. The molecule has 0 unspecified atom stereocenters. The first-order valence-electron chi connectivity index (χ1n) is 7.68. The zero-order valence-electron chi connectivity index (χ0n) is 14.7. The third kappa shape index (κ3) is 4.45. The molecule has 0 fully saturated rings. The molecule has 0 radical (unpaired) electrons. The molecule has 3 N–H and O–H groups in total. The van der Waals surface area contributed by atoms with Gasteiger partial charge in [0.15, 0.2) is 0 Å². The van der Waals surface area contributed by atoms with Crippen molar-refractivity contribution in [2.75, 3.05) is 24.9 Å². The quantitative estimate of drug-likeness (QED) is 0.419. The average Bonchev–Trinajstić information content (AvgIpc) is 2.63. The van der Waals surface area contributed by atoms with E-state index in [4.69, 9.17) is 9.47 Å². The molecule has 0 atom stereocenters. The maximum Gasteiger partial charge on any atom is 0.267 e. The maximum absolute atomic E-state index is 12.4. The summed E-state index contributed by atoms with van der Waals surface area (Å²) in [5.41, 5.74) is 1.71. The summed E-state index contributed by atoms with van der Waals surface area (Å²) in [7, 11) is 2.99. The second kappa shape index (κ2) is 8.44. The Morgan fingerprint density at radius 3 is 2.54 bits per heavy atom. The Balaban J connectivity index is 2.20. The van der Waals surface area contributed by atoms with Crippen molar-refractivity contribution in [3.63, 3.8) is 0 Å². The van der Waals surface area contributed by atoms with E-state index in [9.17, 15) is 15.2 Å². The number of phenolic OH excluding ortho intramolecular Hbond substituents is 1. The molecular formula is C19H19N3O4. The Hall–Kier alpha value is -3.66. The van der Waals surface area contributed by atoms with E-state index in [-0.39, 0.29) is 11.3 Å². The number of nitrogens with zero attached hydrogens (tertiary/aromatic N) is 1. The molecule has 0 aromatic heterocycles. The van der Waals surface area contributed by atoms with Crippen LogP contribution in [0, 0.1) is 18.3 Å². The standard InChI is InChI=1S/C19H19N3O4/c1-12-8-14(23)4-6-16(12)21-11-13(10-20)19(24)22-17-9-15(25-2)5-7-18(17)26-3/h4-9,11,21,23H,1-3H3,(H,22,24)/b13-11-. The molecule has 0 spiro atoms. The normalized spacial score (nSPS) is 10.6. The van der Waals surface area contributed by atoms with E-state index < -0.39 is 5.91 Å². The number of methoxy groups -OCH3 is 2. The van der Waals surface area contributed by atoms with Crippen LogP contribution in [-0.2, 0) is 4.79 Å². The molecule has 0 bridgehead atoms. The van der Waals surface area contributed by atoms with Crippen LogP contribution >= 0.6 is 0 Å². The summed E-state index contributed by atoms with van der Waals surface area (Å²) in [6, 6.07) is 11.5. The van der Waals surface area contributed by atoms with Crippen molar-refractivity contribution in [1.82, 2.24) is 0 Å². The topological polar surface area (TPSA) is 104 Å². The number of anilines is 2. The van der Waals surface area contributed by atoms with E-state index in [2.05, 4.69) is 10.6 Å². The van der Waals surface area contributed by atoms with Gasteiger partial charge in [0, 0.05) is 18.0 Å². The number of ether oxygens (including phenoxy) is 2. The van der Waals surface area contributed by atoms with E-state index in [0.29, 0.717) is 22.9 Å². The van der Waals surface area contributed by atoms with E-state index in [1.807, 2.05) is 6.07 Å². The van der Waals surface area contributed by atoms with Crippen LogP contribution in [0.25, 0.3) is 0 Å². The van der Waals surface area contributed by atoms with Crippen LogP contribution in [0.2, 0.25) is 0 Å². The molecule has 26 heavy (non-hydrogen) atoms. The van der Waals surface area contributed by atoms with Crippen LogP contribution in [0.4, 0.5) is 11.4 Å². The van der Waals surface area contributed by atoms with Crippen LogP contribution in [0.5, 0.6) is 17.2 Å². The minimum absolute atomic E-state index is 0.123. The summed E-state index contributed by atoms with van der Waals surface area (Å²) in [6.07, 6.45) is 1.31. The minimum Gasteiger partial charge on any atom is -0.508 e. The number of benzene rings is 2. The van der Waals surface area contributed by atoms with Crippen molar-refractivity contribution in [3.05, 3.63) is 53.7 Å². The third-order valence-corrected chi connectivity index (χ3v) is 3.60. The molecule has 2 aromatic rings. The molecule has 0 saturated heterocycles. The van der Waals surface area contributed by atoms with Gasteiger partial charge in [0.25, 0.3) is 5.91 Å². The Bertz CT molecular complexity index is 885. The number of carbonyl (C=O) groups is 1. The van der Waals surface area contributed by atoms with E-state index in [1.165, 1.54) is 26.5 Å². The van der Waals surface area contributed by atoms with Crippen molar-refractivity contribution in [1.29, 1.82) is 5.26 Å². The predicted octanol–water partition coefficient (Wildman–Crippen LogP) is 3.18. The summed E-state index contributed by atoms with van der Waals surface area (Å²) in [6.45, 7) is 1.79. The first-order chi connectivity index (χ1) is 12.5. The summed E-state index contributed by atoms with van der Waals surface area (Å²) < 4.78 is 10.3. The van der Waals surface area contributed by atoms with Crippen molar-refractivity contribution < 1.29 is 19.4 Å². The van der Waals surface area contributed by atoms with Gasteiger partial charge in [0.05, 0.1) is 19.9 Å². The molecule has 134 valence electrons. The molecule has 0 aliphatic carbocycles. The lowest BCUT2D eigenvalue weighted by atomic mass is 10.2. The zero-order valence-corrected chi connectivity index (χ0v) is 14.7. The van der Waals surface area contributed by atoms with Crippen LogP contribution < -0.4 is 20.1 Å². The third-order valence-electron chi connectivity index (χ3n) is 3.60. The highest BCUT2D eigenvalue weighted by molar-refractivity contribution is 6.07. The van der Waals surface area contributed by atoms with Crippen molar-refractivity contribution in [3.8, 4) is 23.3 Å². The number of carbonyl (C=O) groups excluding carboxylic acids is 1. The van der Waals surface area contributed by atoms with Crippen LogP contribution in [0.3, 0.4) is 0 Å². The Labute approximate surface area is 151 Å². The van der Waals surface area contributed by atoms with Gasteiger partial charge < -0.3 is 25.2 Å². The monoisotopic (exact) mass is 353 g/mol. The van der Waals surface area contributed by atoms with Crippen molar-refractivity contribution in [2.24, 2.45) is 0 Å². The van der Waals surface area contributed by atoms with Gasteiger partial charge in [-0.3, -0.25) is 4.79 Å². The largest absolute Gasteiger partial charge is 0.508 e. The van der Waals surface area contributed by atoms with Crippen LogP contribution in [0.1, 0.15) is 5.56 Å². The lowest BCUT2D eigenvalue weighted by Gasteiger charge is -2.11. The first kappa shape index (κ1) is 18.7. The number of hydrogen-bond donors (Lipinski definition) is 3. The lowest BCUT2D eigenvalue weighted by Crippen LogP contribution is -2.15. The number of phenols is 1. The Morgan fingerprint density at radius 1 is 1.15 bits per heavy atom. The molecule has 0 aliphatic heterocycles. The van der Waals surface area contributed by atoms with Gasteiger partial charge >= 0.3 is 0 Å². The number of rotatable bonds is 6. The van der Waals surface area contributed by atoms with Crippen LogP contribution in [-0.4, -0.2) is 25.2 Å². The predicted molar refractivity (Wildman–Crippen MR) is 98.3 cm³/mol. The number of hydrogen-bond acceptors (Lipinski definition) is 6. The molecule has 2 aromatic carbocycles. The van der Waals surface area contributed by atoms with Gasteiger partial charge in [-0.15, -0.1) is 0 Å². The molecular weight excluding hydrogens is 334 g/mol. The first-order valence-corrected chi connectivity index (χ1v) is 7.68. The van der Waals surface area contributed by atoms with Gasteiger partial charge in [0.2, 0.25) is 0 Å². The molecule has 7 heteroatoms. The second-order valence-corrected chi connectivity index (χ2v) is 5.33. The molecule has 1 amide bonds. The zero-order chi connectivity index (χ0) is 19.1. The van der Waals surface area contributed by atoms with E-state index in [1.54, 1.807) is 37.3 Å². The van der Waals surface area contributed by atoms with Gasteiger partial charge in [-0.05, 0) is 42.8 Å². The molecule has 0 heterocycles. The smallest absolute Gasteiger partial charge is 0.267 e. The summed E-state index contributed by atoms with van der Waals surface area (Å²) in [4.78, 5) is 12.4. The summed E-state index contributed by atoms with van der Waals surface area (Å²) in [5.74, 6) is 0.531. The van der Waals surface area contributed by atoms with Crippen molar-refractivity contribution in [2.45, 2.75) is 6.92 Å². The highest BCUT2D eigenvalue weighted by Gasteiger charge is 2.13.